The van der Waals surface area contributed by atoms with Gasteiger partial charge in [0.05, 0.1) is 22.9 Å². The van der Waals surface area contributed by atoms with Gasteiger partial charge in [0.1, 0.15) is 22.9 Å². The number of ether oxygens (including phenoxy) is 2. The maximum atomic E-state index is 11.9. The first-order valence-corrected chi connectivity index (χ1v) is 18.2. The highest BCUT2D eigenvalue weighted by Crippen LogP contribution is 2.32. The second kappa shape index (κ2) is 15.5. The van der Waals surface area contributed by atoms with Gasteiger partial charge in [-0.3, -0.25) is 0 Å². The van der Waals surface area contributed by atoms with Crippen LogP contribution < -0.4 is 10.6 Å². The van der Waals surface area contributed by atoms with E-state index in [0.29, 0.717) is 13.1 Å². The molecule has 0 bridgehead atoms. The molecular formula is C42H50N6O4. The first-order valence-electron chi connectivity index (χ1n) is 18.2. The Labute approximate surface area is 305 Å². The van der Waals surface area contributed by atoms with Crippen molar-refractivity contribution in [3.05, 3.63) is 84.6 Å². The van der Waals surface area contributed by atoms with Crippen molar-refractivity contribution in [2.45, 2.75) is 91.3 Å². The molecule has 0 saturated heterocycles. The third-order valence-corrected chi connectivity index (χ3v) is 8.65. The van der Waals surface area contributed by atoms with Crippen molar-refractivity contribution in [2.24, 2.45) is 0 Å². The lowest BCUT2D eigenvalue weighted by molar-refractivity contribution is 0.0515. The molecule has 0 atom stereocenters. The quantitative estimate of drug-likeness (QED) is 0.0939. The van der Waals surface area contributed by atoms with Crippen molar-refractivity contribution < 1.29 is 19.1 Å². The van der Waals surface area contributed by atoms with Crippen LogP contribution in [0.1, 0.15) is 78.9 Å². The molecule has 0 fully saturated rings. The number of hydrogen-bond donors (Lipinski definition) is 4. The molecule has 6 aromatic rings. The van der Waals surface area contributed by atoms with Crippen LogP contribution in [0.25, 0.3) is 55.0 Å². The van der Waals surface area contributed by atoms with Crippen molar-refractivity contribution in [3.63, 3.8) is 0 Å². The minimum atomic E-state index is -0.496. The largest absolute Gasteiger partial charge is 0.444 e. The summed E-state index contributed by atoms with van der Waals surface area (Å²) in [6.07, 6.45) is 6.25. The maximum absolute atomic E-state index is 11.9. The minimum Gasteiger partial charge on any atom is -0.444 e. The van der Waals surface area contributed by atoms with E-state index in [1.54, 1.807) is 0 Å². The van der Waals surface area contributed by atoms with E-state index in [2.05, 4.69) is 92.3 Å². The molecule has 0 aliphatic heterocycles. The van der Waals surface area contributed by atoms with Gasteiger partial charge in [-0.2, -0.15) is 0 Å². The lowest BCUT2D eigenvalue weighted by atomic mass is 9.97. The summed E-state index contributed by atoms with van der Waals surface area (Å²) in [4.78, 5) is 40.2. The number of H-pyrrole nitrogens is 2. The van der Waals surface area contributed by atoms with Crippen LogP contribution in [0.2, 0.25) is 0 Å². The van der Waals surface area contributed by atoms with Crippen molar-refractivity contribution in [1.29, 1.82) is 0 Å². The van der Waals surface area contributed by atoms with Gasteiger partial charge in [0.15, 0.2) is 0 Å². The molecule has 0 unspecified atom stereocenters. The number of fused-ring (bicyclic) bond motifs is 4. The number of nitrogens with one attached hydrogen (secondary N) is 4. The highest BCUT2D eigenvalue weighted by Gasteiger charge is 2.17. The van der Waals surface area contributed by atoms with E-state index in [1.165, 1.54) is 5.39 Å². The van der Waals surface area contributed by atoms with Crippen LogP contribution >= 0.6 is 0 Å². The Kier molecular flexibility index (Phi) is 10.8. The van der Waals surface area contributed by atoms with Gasteiger partial charge in [-0.25, -0.2) is 19.6 Å². The number of aryl methyl sites for hydroxylation is 2. The normalized spacial score (nSPS) is 12.0. The molecule has 2 heterocycles. The molecule has 2 amide bonds. The molecule has 6 rings (SSSR count). The predicted octanol–water partition coefficient (Wildman–Crippen LogP) is 9.62. The van der Waals surface area contributed by atoms with E-state index in [9.17, 15) is 9.59 Å². The lowest BCUT2D eigenvalue weighted by Gasteiger charge is -2.19. The molecule has 0 aliphatic rings. The number of rotatable bonds is 12. The summed E-state index contributed by atoms with van der Waals surface area (Å²) in [5, 5.41) is 10.2. The van der Waals surface area contributed by atoms with Crippen LogP contribution in [0.15, 0.2) is 72.9 Å². The van der Waals surface area contributed by atoms with Gasteiger partial charge in [0.25, 0.3) is 0 Å². The molecule has 0 saturated carbocycles. The molecule has 10 heteroatoms. The Bertz CT molecular complexity index is 2190. The summed E-state index contributed by atoms with van der Waals surface area (Å²) < 4.78 is 10.6. The molecule has 4 N–H and O–H groups in total. The highest BCUT2D eigenvalue weighted by atomic mass is 16.6. The number of aromatic amines is 2. The number of unbranched alkanes of at least 4 members (excludes halogenated alkanes) is 2. The minimum absolute atomic E-state index is 0.379. The van der Waals surface area contributed by atoms with Crippen LogP contribution in [0.3, 0.4) is 0 Å². The van der Waals surface area contributed by atoms with E-state index < -0.39 is 11.2 Å². The summed E-state index contributed by atoms with van der Waals surface area (Å²) >= 11 is 0. The van der Waals surface area contributed by atoms with Crippen LogP contribution in [0.5, 0.6) is 0 Å². The number of benzene rings is 4. The average Bonchev–Trinajstić information content (AvgIpc) is 3.73. The van der Waals surface area contributed by atoms with Crippen molar-refractivity contribution in [2.75, 3.05) is 13.1 Å². The fourth-order valence-corrected chi connectivity index (χ4v) is 6.22. The smallest absolute Gasteiger partial charge is 0.407 e. The number of alkyl carbamates (subject to hydrolysis) is 2. The van der Waals surface area contributed by atoms with Crippen LogP contribution in [-0.4, -0.2) is 56.4 Å². The molecule has 52 heavy (non-hydrogen) atoms. The zero-order valence-electron chi connectivity index (χ0n) is 31.1. The summed E-state index contributed by atoms with van der Waals surface area (Å²) in [6.45, 7) is 12.3. The zero-order chi connectivity index (χ0) is 36.9. The van der Waals surface area contributed by atoms with Gasteiger partial charge in [-0.1, -0.05) is 42.5 Å². The van der Waals surface area contributed by atoms with E-state index in [0.717, 1.165) is 99.8 Å². The Hall–Kier alpha value is -5.38. The van der Waals surface area contributed by atoms with Gasteiger partial charge in [-0.15, -0.1) is 0 Å². The predicted molar refractivity (Wildman–Crippen MR) is 208 cm³/mol. The fraction of sp³-hybridized carbons (Fsp3) is 0.381. The van der Waals surface area contributed by atoms with Gasteiger partial charge >= 0.3 is 12.2 Å². The molecule has 0 aliphatic carbocycles. The molecular weight excluding hydrogens is 652 g/mol. The van der Waals surface area contributed by atoms with Crippen molar-refractivity contribution >= 4 is 44.8 Å². The number of aromatic nitrogens is 4. The Morgan fingerprint density at radius 1 is 0.635 bits per heavy atom. The lowest BCUT2D eigenvalue weighted by Crippen LogP contribution is -2.33. The number of carbonyl (C=O) groups excluding carboxylic acids is 2. The number of hydrogen-bond acceptors (Lipinski definition) is 6. The van der Waals surface area contributed by atoms with E-state index in [-0.39, 0.29) is 12.2 Å². The molecule has 0 spiro atoms. The average molecular weight is 703 g/mol. The Balaban J connectivity index is 1.05. The Morgan fingerprint density at radius 3 is 1.81 bits per heavy atom. The standard InChI is InChI=1S/C42H50N6O4/c1-41(2,3)51-39(49)43-21-9-7-11-36-45-26-35(47-36)32-16-15-28-23-27(13-14-29(28)25-32)30-17-19-33-31(24-30)18-20-34-38(33)48-37(46-34)12-8-10-22-44-40(50)52-42(4,5)6/h13-20,23-26H,7-12,21-22H2,1-6H3,(H,43,49)(H,44,50)(H,45,47)(H,46,48). The number of nitrogens with zero attached hydrogens (tertiary/aromatic N) is 2. The maximum Gasteiger partial charge on any atom is 0.407 e. The summed E-state index contributed by atoms with van der Waals surface area (Å²) in [5.74, 6) is 1.89. The van der Waals surface area contributed by atoms with Gasteiger partial charge in [0, 0.05) is 36.9 Å². The van der Waals surface area contributed by atoms with Crippen LogP contribution in [0, 0.1) is 0 Å². The summed E-state index contributed by atoms with van der Waals surface area (Å²) in [6, 6.07) is 23.9. The fourth-order valence-electron chi connectivity index (χ4n) is 6.22. The van der Waals surface area contributed by atoms with Gasteiger partial charge in [0.2, 0.25) is 0 Å². The number of imidazole rings is 2. The first-order chi connectivity index (χ1) is 24.8. The van der Waals surface area contributed by atoms with E-state index in [4.69, 9.17) is 14.5 Å². The zero-order valence-corrected chi connectivity index (χ0v) is 31.1. The first kappa shape index (κ1) is 36.4. The van der Waals surface area contributed by atoms with E-state index in [1.807, 2.05) is 47.7 Å². The van der Waals surface area contributed by atoms with E-state index >= 15 is 0 Å². The van der Waals surface area contributed by atoms with Crippen LogP contribution in [-0.2, 0) is 22.3 Å². The Morgan fingerprint density at radius 2 is 1.17 bits per heavy atom. The van der Waals surface area contributed by atoms with Crippen molar-refractivity contribution in [1.82, 2.24) is 30.6 Å². The molecule has 4 aromatic carbocycles. The summed E-state index contributed by atoms with van der Waals surface area (Å²) in [5.41, 5.74) is 5.42. The van der Waals surface area contributed by atoms with Crippen LogP contribution in [0.4, 0.5) is 9.59 Å². The third-order valence-electron chi connectivity index (χ3n) is 8.65. The van der Waals surface area contributed by atoms with Crippen molar-refractivity contribution in [3.8, 4) is 22.4 Å². The molecule has 2 aromatic heterocycles. The summed E-state index contributed by atoms with van der Waals surface area (Å²) in [7, 11) is 0. The monoisotopic (exact) mass is 702 g/mol. The molecule has 0 radical (unpaired) electrons. The van der Waals surface area contributed by atoms with Gasteiger partial charge in [-0.05, 0) is 119 Å². The number of amides is 2. The van der Waals surface area contributed by atoms with Gasteiger partial charge < -0.3 is 30.1 Å². The second-order valence-corrected chi connectivity index (χ2v) is 15.4. The topological polar surface area (TPSA) is 134 Å². The number of carbonyl (C=O) groups is 2. The third kappa shape index (κ3) is 9.69. The SMILES string of the molecule is CC(C)(C)OC(=O)NCCCCc1ncc(-c2ccc3cc(-c4ccc5c(ccc6[nH]c(CCCCNC(=O)OC(C)(C)C)nc65)c4)ccc3c2)[nH]1. The highest BCUT2D eigenvalue weighted by molar-refractivity contribution is 6.05. The molecule has 10 nitrogen and oxygen atoms in total. The second-order valence-electron chi connectivity index (χ2n) is 15.4. The molecule has 272 valence electrons.